The van der Waals surface area contributed by atoms with Gasteiger partial charge >= 0.3 is 5.97 Å². The Balaban J connectivity index is 2.32. The number of unbranched alkanes of at least 4 members (excludes halogenated alkanes) is 1. The zero-order chi connectivity index (χ0) is 15.6. The average Bonchev–Trinajstić information content (AvgIpc) is 2.98. The van der Waals surface area contributed by atoms with Gasteiger partial charge in [-0.15, -0.1) is 0 Å². The first-order valence-electron chi connectivity index (χ1n) is 7.57. The molecule has 1 rings (SSSR count). The van der Waals surface area contributed by atoms with Gasteiger partial charge in [-0.3, -0.25) is 4.79 Å². The van der Waals surface area contributed by atoms with Crippen molar-refractivity contribution in [3.05, 3.63) is 12.5 Å². The minimum Gasteiger partial charge on any atom is -0.465 e. The van der Waals surface area contributed by atoms with Crippen molar-refractivity contribution in [3.63, 3.8) is 0 Å². The molecule has 0 spiro atoms. The first kappa shape index (κ1) is 18.0. The summed E-state index contributed by atoms with van der Waals surface area (Å²) in [6, 6.07) is 0. The number of carbonyl (C=O) groups is 1. The Kier molecular flexibility index (Phi) is 8.45. The SMILES string of the molecule is CCCNC(C)(CCCCSc1ncco1)C(=O)OCC. The third-order valence-electron chi connectivity index (χ3n) is 3.20. The van der Waals surface area contributed by atoms with Crippen LogP contribution in [0, 0.1) is 0 Å². The quantitative estimate of drug-likeness (QED) is 0.384. The molecule has 0 fully saturated rings. The molecule has 1 aromatic rings. The Hall–Kier alpha value is -1.01. The van der Waals surface area contributed by atoms with Gasteiger partial charge in [0.1, 0.15) is 11.8 Å². The topological polar surface area (TPSA) is 64.4 Å². The molecule has 0 aliphatic carbocycles. The second kappa shape index (κ2) is 9.84. The summed E-state index contributed by atoms with van der Waals surface area (Å²) in [4.78, 5) is 16.2. The Labute approximate surface area is 131 Å². The van der Waals surface area contributed by atoms with Crippen LogP contribution in [0.15, 0.2) is 22.1 Å². The van der Waals surface area contributed by atoms with E-state index < -0.39 is 5.54 Å². The highest BCUT2D eigenvalue weighted by Crippen LogP contribution is 2.20. The maximum absolute atomic E-state index is 12.1. The number of carbonyl (C=O) groups excluding carboxylic acids is 1. The summed E-state index contributed by atoms with van der Waals surface area (Å²) in [6.07, 6.45) is 6.96. The van der Waals surface area contributed by atoms with Crippen LogP contribution in [0.3, 0.4) is 0 Å². The van der Waals surface area contributed by atoms with Gasteiger partial charge < -0.3 is 14.5 Å². The van der Waals surface area contributed by atoms with Gasteiger partial charge in [-0.2, -0.15) is 0 Å². The molecule has 0 saturated carbocycles. The van der Waals surface area contributed by atoms with E-state index in [0.29, 0.717) is 11.8 Å². The normalized spacial score (nSPS) is 13.9. The van der Waals surface area contributed by atoms with E-state index in [9.17, 15) is 4.79 Å². The summed E-state index contributed by atoms with van der Waals surface area (Å²) >= 11 is 1.60. The lowest BCUT2D eigenvalue weighted by atomic mass is 9.95. The van der Waals surface area contributed by atoms with Crippen molar-refractivity contribution in [2.45, 2.75) is 57.2 Å². The second-order valence-corrected chi connectivity index (χ2v) is 6.13. The van der Waals surface area contributed by atoms with Crippen molar-refractivity contribution in [1.29, 1.82) is 0 Å². The van der Waals surface area contributed by atoms with E-state index in [1.165, 1.54) is 0 Å². The first-order valence-corrected chi connectivity index (χ1v) is 8.55. The van der Waals surface area contributed by atoms with Crippen LogP contribution in [0.1, 0.15) is 46.5 Å². The van der Waals surface area contributed by atoms with Gasteiger partial charge in [0.05, 0.1) is 12.8 Å². The predicted molar refractivity (Wildman–Crippen MR) is 84.4 cm³/mol. The highest BCUT2D eigenvalue weighted by Gasteiger charge is 2.33. The van der Waals surface area contributed by atoms with Crippen LogP contribution in [0.2, 0.25) is 0 Å². The highest BCUT2D eigenvalue weighted by molar-refractivity contribution is 7.99. The van der Waals surface area contributed by atoms with E-state index in [1.807, 2.05) is 13.8 Å². The molecule has 1 atom stereocenters. The van der Waals surface area contributed by atoms with Crippen LogP contribution in [0.4, 0.5) is 0 Å². The van der Waals surface area contributed by atoms with Gasteiger partial charge in [0.25, 0.3) is 5.22 Å². The fourth-order valence-corrected chi connectivity index (χ4v) is 2.76. The number of thioether (sulfide) groups is 1. The van der Waals surface area contributed by atoms with E-state index >= 15 is 0 Å². The number of rotatable bonds is 11. The van der Waals surface area contributed by atoms with Crippen molar-refractivity contribution in [2.24, 2.45) is 0 Å². The van der Waals surface area contributed by atoms with E-state index in [-0.39, 0.29) is 5.97 Å². The molecule has 1 aromatic heterocycles. The average molecular weight is 314 g/mol. The minimum absolute atomic E-state index is 0.154. The molecule has 0 aromatic carbocycles. The zero-order valence-electron chi connectivity index (χ0n) is 13.2. The number of hydrogen-bond acceptors (Lipinski definition) is 6. The van der Waals surface area contributed by atoms with E-state index in [4.69, 9.17) is 9.15 Å². The Morgan fingerprint density at radius 1 is 1.48 bits per heavy atom. The number of ether oxygens (including phenoxy) is 1. The van der Waals surface area contributed by atoms with Gasteiger partial charge in [-0.25, -0.2) is 4.98 Å². The molecule has 0 amide bonds. The Morgan fingerprint density at radius 3 is 2.90 bits per heavy atom. The monoisotopic (exact) mass is 314 g/mol. The number of nitrogens with one attached hydrogen (secondary N) is 1. The van der Waals surface area contributed by atoms with Crippen LogP contribution in [0.5, 0.6) is 0 Å². The molecule has 0 bridgehead atoms. The highest BCUT2D eigenvalue weighted by atomic mass is 32.2. The summed E-state index contributed by atoms with van der Waals surface area (Å²) in [7, 11) is 0. The van der Waals surface area contributed by atoms with Crippen LogP contribution in [-0.2, 0) is 9.53 Å². The molecule has 6 heteroatoms. The summed E-state index contributed by atoms with van der Waals surface area (Å²) in [5.41, 5.74) is -0.584. The van der Waals surface area contributed by atoms with Crippen molar-refractivity contribution in [1.82, 2.24) is 10.3 Å². The number of hydrogen-bond donors (Lipinski definition) is 1. The van der Waals surface area contributed by atoms with Crippen LogP contribution in [0.25, 0.3) is 0 Å². The predicted octanol–water partition coefficient (Wildman–Crippen LogP) is 3.26. The summed E-state index contributed by atoms with van der Waals surface area (Å²) in [6.45, 7) is 7.10. The molecule has 1 N–H and O–H groups in total. The molecule has 0 radical (unpaired) electrons. The molecule has 0 saturated heterocycles. The van der Waals surface area contributed by atoms with Crippen molar-refractivity contribution < 1.29 is 13.9 Å². The Bertz CT molecular complexity index is 398. The smallest absolute Gasteiger partial charge is 0.326 e. The van der Waals surface area contributed by atoms with Crippen molar-refractivity contribution >= 4 is 17.7 Å². The molecule has 1 unspecified atom stereocenters. The lowest BCUT2D eigenvalue weighted by molar-refractivity contribution is -0.150. The number of oxazole rings is 1. The molecule has 0 aliphatic heterocycles. The molecule has 5 nitrogen and oxygen atoms in total. The Morgan fingerprint density at radius 2 is 2.29 bits per heavy atom. The standard InChI is InChI=1S/C15H26N2O3S/c1-4-9-17-15(3,13(18)19-5-2)8-6-7-12-21-14-16-10-11-20-14/h10-11,17H,4-9,12H2,1-3H3. The third kappa shape index (κ3) is 6.52. The van der Waals surface area contributed by atoms with Crippen LogP contribution >= 0.6 is 11.8 Å². The fraction of sp³-hybridized carbons (Fsp3) is 0.733. The first-order chi connectivity index (χ1) is 10.1. The lowest BCUT2D eigenvalue weighted by Gasteiger charge is -2.28. The number of esters is 1. The van der Waals surface area contributed by atoms with Gasteiger partial charge in [0, 0.05) is 5.75 Å². The fourth-order valence-electron chi connectivity index (χ4n) is 1.98. The van der Waals surface area contributed by atoms with Gasteiger partial charge in [0.15, 0.2) is 0 Å². The maximum Gasteiger partial charge on any atom is 0.326 e. The largest absolute Gasteiger partial charge is 0.465 e. The third-order valence-corrected chi connectivity index (χ3v) is 4.14. The molecule has 1 heterocycles. The van der Waals surface area contributed by atoms with Crippen LogP contribution < -0.4 is 5.32 Å². The van der Waals surface area contributed by atoms with Gasteiger partial charge in [-0.05, 0) is 39.7 Å². The van der Waals surface area contributed by atoms with Crippen LogP contribution in [-0.4, -0.2) is 35.4 Å². The van der Waals surface area contributed by atoms with E-state index in [1.54, 1.807) is 24.2 Å². The molecule has 0 aliphatic rings. The number of nitrogens with zero attached hydrogens (tertiary/aromatic N) is 1. The van der Waals surface area contributed by atoms with Crippen molar-refractivity contribution in [3.8, 4) is 0 Å². The maximum atomic E-state index is 12.1. The second-order valence-electron chi connectivity index (χ2n) is 5.08. The summed E-state index contributed by atoms with van der Waals surface area (Å²) in [5, 5.41) is 4.02. The van der Waals surface area contributed by atoms with Gasteiger partial charge in [0.2, 0.25) is 0 Å². The van der Waals surface area contributed by atoms with E-state index in [0.717, 1.165) is 38.0 Å². The van der Waals surface area contributed by atoms with Crippen molar-refractivity contribution in [2.75, 3.05) is 18.9 Å². The zero-order valence-corrected chi connectivity index (χ0v) is 14.0. The molecular formula is C15H26N2O3S. The van der Waals surface area contributed by atoms with E-state index in [2.05, 4.69) is 17.2 Å². The van der Waals surface area contributed by atoms with Gasteiger partial charge in [-0.1, -0.05) is 25.1 Å². The lowest BCUT2D eigenvalue weighted by Crippen LogP contribution is -2.50. The summed E-state index contributed by atoms with van der Waals surface area (Å²) in [5.74, 6) is 0.784. The minimum atomic E-state index is -0.584. The molecule has 21 heavy (non-hydrogen) atoms. The summed E-state index contributed by atoms with van der Waals surface area (Å²) < 4.78 is 10.4. The molecular weight excluding hydrogens is 288 g/mol. The molecule has 120 valence electrons. The number of aromatic nitrogens is 1.